The number of rotatable bonds is 3. The number of aromatic nitrogens is 2. The Kier molecular flexibility index (Phi) is 4.06. The van der Waals surface area contributed by atoms with Gasteiger partial charge in [0.15, 0.2) is 0 Å². The average molecular weight is 404 g/mol. The van der Waals surface area contributed by atoms with E-state index in [1.165, 1.54) is 6.20 Å². The van der Waals surface area contributed by atoms with Crippen molar-refractivity contribution < 1.29 is 22.7 Å². The summed E-state index contributed by atoms with van der Waals surface area (Å²) in [4.78, 5) is 19.3. The van der Waals surface area contributed by atoms with Crippen LogP contribution in [0.25, 0.3) is 11.3 Å². The van der Waals surface area contributed by atoms with E-state index >= 15 is 0 Å². The highest BCUT2D eigenvalue weighted by atomic mass is 79.9. The zero-order valence-electron chi connectivity index (χ0n) is 12.5. The van der Waals surface area contributed by atoms with Crippen LogP contribution in [0.15, 0.2) is 34.9 Å². The number of carbonyl (C=O) groups excluding carboxylic acids is 1. The second-order valence-corrected chi connectivity index (χ2v) is 6.47. The smallest absolute Gasteiger partial charge is 0.375 e. The first-order valence-corrected chi connectivity index (χ1v) is 7.86. The molecule has 0 spiro atoms. The van der Waals surface area contributed by atoms with Gasteiger partial charge in [0.05, 0.1) is 5.69 Å². The number of imidazole rings is 1. The molecule has 2 aromatic rings. The Hall–Kier alpha value is -2.03. The molecule has 1 saturated carbocycles. The lowest BCUT2D eigenvalue weighted by Crippen LogP contribution is -2.50. The highest BCUT2D eigenvalue weighted by Gasteiger charge is 2.67. The van der Waals surface area contributed by atoms with Crippen LogP contribution < -0.4 is 4.74 Å². The van der Waals surface area contributed by atoms with Gasteiger partial charge in [0, 0.05) is 23.3 Å². The van der Waals surface area contributed by atoms with Crippen LogP contribution in [0.3, 0.4) is 0 Å². The van der Waals surface area contributed by atoms with E-state index in [1.54, 1.807) is 12.1 Å². The van der Waals surface area contributed by atoms with Crippen molar-refractivity contribution in [1.29, 1.82) is 0 Å². The standard InChI is InChI=1S/C15H13BrF3N3O2/c1-22(14(6-7-14)15(17,18)19)13(23)24-12-20-8-11(21-12)9-2-4-10(16)5-3-9/h2-5,8H,6-7H2,1H3,(H,20,21). The first-order chi connectivity index (χ1) is 11.2. The molecule has 0 unspecified atom stereocenters. The second kappa shape index (κ2) is 5.80. The van der Waals surface area contributed by atoms with E-state index in [0.29, 0.717) is 10.6 Å². The molecule has 9 heteroatoms. The Morgan fingerprint density at radius 3 is 2.50 bits per heavy atom. The van der Waals surface area contributed by atoms with Gasteiger partial charge in [-0.15, -0.1) is 0 Å². The quantitative estimate of drug-likeness (QED) is 0.827. The summed E-state index contributed by atoms with van der Waals surface area (Å²) in [5.74, 6) is 0. The van der Waals surface area contributed by atoms with E-state index in [0.717, 1.165) is 17.1 Å². The highest BCUT2D eigenvalue weighted by molar-refractivity contribution is 9.10. The lowest BCUT2D eigenvalue weighted by atomic mass is 10.2. The maximum absolute atomic E-state index is 13.0. The van der Waals surface area contributed by atoms with Crippen LogP contribution in [0.2, 0.25) is 0 Å². The minimum Gasteiger partial charge on any atom is -0.375 e. The SMILES string of the molecule is CN(C(=O)Oc1nc(-c2ccc(Br)cc2)c[nH]1)C1(C(F)(F)F)CC1. The summed E-state index contributed by atoms with van der Waals surface area (Å²) >= 11 is 3.32. The van der Waals surface area contributed by atoms with Gasteiger partial charge in [0.2, 0.25) is 0 Å². The summed E-state index contributed by atoms with van der Waals surface area (Å²) in [6, 6.07) is 7.11. The normalized spacial score (nSPS) is 15.9. The molecule has 1 aromatic carbocycles. The van der Waals surface area contributed by atoms with Gasteiger partial charge in [0.25, 0.3) is 0 Å². The Balaban J connectivity index is 1.71. The molecule has 0 aliphatic heterocycles. The summed E-state index contributed by atoms with van der Waals surface area (Å²) < 4.78 is 44.9. The fraction of sp³-hybridized carbons (Fsp3) is 0.333. The Bertz CT molecular complexity index is 754. The topological polar surface area (TPSA) is 58.2 Å². The lowest BCUT2D eigenvalue weighted by molar-refractivity contribution is -0.186. The predicted molar refractivity (Wildman–Crippen MR) is 83.5 cm³/mol. The number of alkyl halides is 3. The van der Waals surface area contributed by atoms with E-state index in [2.05, 4.69) is 25.9 Å². The number of ether oxygens (including phenoxy) is 1. The van der Waals surface area contributed by atoms with Crippen LogP contribution in [-0.4, -0.2) is 39.7 Å². The third kappa shape index (κ3) is 3.00. The average Bonchev–Trinajstić information content (AvgIpc) is 3.22. The Labute approximate surface area is 144 Å². The van der Waals surface area contributed by atoms with Gasteiger partial charge in [-0.2, -0.15) is 18.2 Å². The predicted octanol–water partition coefficient (Wildman–Crippen LogP) is 4.36. The van der Waals surface area contributed by atoms with Crippen LogP contribution in [0.5, 0.6) is 6.01 Å². The van der Waals surface area contributed by atoms with Gasteiger partial charge in [-0.25, -0.2) is 4.79 Å². The third-order valence-corrected chi connectivity index (χ3v) is 4.57. The Morgan fingerprint density at radius 1 is 1.33 bits per heavy atom. The molecule has 24 heavy (non-hydrogen) atoms. The summed E-state index contributed by atoms with van der Waals surface area (Å²) in [7, 11) is 1.08. The van der Waals surface area contributed by atoms with E-state index < -0.39 is 17.8 Å². The Morgan fingerprint density at radius 2 is 1.96 bits per heavy atom. The van der Waals surface area contributed by atoms with Gasteiger partial charge >= 0.3 is 18.3 Å². The number of benzene rings is 1. The molecule has 0 bridgehead atoms. The molecule has 0 saturated heterocycles. The summed E-state index contributed by atoms with van der Waals surface area (Å²) in [5, 5.41) is 0. The van der Waals surface area contributed by atoms with Crippen LogP contribution in [0, 0.1) is 0 Å². The number of amides is 1. The third-order valence-electron chi connectivity index (χ3n) is 4.05. The van der Waals surface area contributed by atoms with Crippen LogP contribution in [0.4, 0.5) is 18.0 Å². The highest BCUT2D eigenvalue weighted by Crippen LogP contribution is 2.53. The summed E-state index contributed by atoms with van der Waals surface area (Å²) in [6.07, 6.45) is -4.30. The number of halogens is 4. The van der Waals surface area contributed by atoms with Crippen molar-refractivity contribution in [2.24, 2.45) is 0 Å². The first kappa shape index (κ1) is 16.8. The van der Waals surface area contributed by atoms with Gasteiger partial charge in [0.1, 0.15) is 5.54 Å². The maximum Gasteiger partial charge on any atom is 0.418 e. The number of H-pyrrole nitrogens is 1. The minimum atomic E-state index is -4.48. The summed E-state index contributed by atoms with van der Waals surface area (Å²) in [5.41, 5.74) is -0.824. The molecule has 3 rings (SSSR count). The molecule has 1 amide bonds. The van der Waals surface area contributed by atoms with Crippen molar-refractivity contribution in [2.75, 3.05) is 7.05 Å². The second-order valence-electron chi connectivity index (χ2n) is 5.55. The zero-order valence-corrected chi connectivity index (χ0v) is 14.1. The zero-order chi connectivity index (χ0) is 17.5. The molecule has 1 N–H and O–H groups in total. The first-order valence-electron chi connectivity index (χ1n) is 7.07. The van der Waals surface area contributed by atoms with Crippen LogP contribution in [-0.2, 0) is 0 Å². The van der Waals surface area contributed by atoms with E-state index in [1.807, 2.05) is 12.1 Å². The van der Waals surface area contributed by atoms with Crippen molar-refractivity contribution >= 4 is 22.0 Å². The number of hydrogen-bond acceptors (Lipinski definition) is 3. The molecule has 128 valence electrons. The van der Waals surface area contributed by atoms with Gasteiger partial charge in [-0.05, 0) is 25.0 Å². The van der Waals surface area contributed by atoms with Crippen LogP contribution in [0.1, 0.15) is 12.8 Å². The number of aromatic amines is 1. The fourth-order valence-corrected chi connectivity index (χ4v) is 2.64. The molecule has 0 atom stereocenters. The molecular weight excluding hydrogens is 391 g/mol. The van der Waals surface area contributed by atoms with E-state index in [9.17, 15) is 18.0 Å². The van der Waals surface area contributed by atoms with Crippen molar-refractivity contribution in [3.05, 3.63) is 34.9 Å². The molecule has 1 aliphatic rings. The largest absolute Gasteiger partial charge is 0.418 e. The van der Waals surface area contributed by atoms with Crippen molar-refractivity contribution in [3.8, 4) is 17.3 Å². The van der Waals surface area contributed by atoms with E-state index in [-0.39, 0.29) is 18.9 Å². The van der Waals surface area contributed by atoms with E-state index in [4.69, 9.17) is 4.74 Å². The summed E-state index contributed by atoms with van der Waals surface area (Å²) in [6.45, 7) is 0. The molecule has 0 radical (unpaired) electrons. The number of nitrogens with zero attached hydrogens (tertiary/aromatic N) is 2. The molecule has 1 fully saturated rings. The van der Waals surface area contributed by atoms with Crippen molar-refractivity contribution in [1.82, 2.24) is 14.9 Å². The maximum atomic E-state index is 13.0. The van der Waals surface area contributed by atoms with Crippen LogP contribution >= 0.6 is 15.9 Å². The van der Waals surface area contributed by atoms with Crippen molar-refractivity contribution in [3.63, 3.8) is 0 Å². The molecule has 1 aliphatic carbocycles. The van der Waals surface area contributed by atoms with Gasteiger partial charge < -0.3 is 9.72 Å². The van der Waals surface area contributed by atoms with Gasteiger partial charge in [-0.1, -0.05) is 28.1 Å². The molecular formula is C15H13BrF3N3O2. The van der Waals surface area contributed by atoms with Crippen molar-refractivity contribution in [2.45, 2.75) is 24.6 Å². The molecule has 5 nitrogen and oxygen atoms in total. The number of carbonyl (C=O) groups is 1. The minimum absolute atomic E-state index is 0.121. The number of hydrogen-bond donors (Lipinski definition) is 1. The monoisotopic (exact) mass is 403 g/mol. The lowest BCUT2D eigenvalue weighted by Gasteiger charge is -2.28. The molecule has 1 aromatic heterocycles. The molecule has 1 heterocycles. The van der Waals surface area contributed by atoms with Gasteiger partial charge in [-0.3, -0.25) is 4.90 Å². The fourth-order valence-electron chi connectivity index (χ4n) is 2.38. The number of nitrogens with one attached hydrogen (secondary N) is 1.